The molecule has 24 heavy (non-hydrogen) atoms. The first-order valence-corrected chi connectivity index (χ1v) is 7.92. The van der Waals surface area contributed by atoms with Gasteiger partial charge in [-0.1, -0.05) is 6.07 Å². The first-order valence-electron chi connectivity index (χ1n) is 7.04. The van der Waals surface area contributed by atoms with Crippen LogP contribution in [-0.2, 0) is 0 Å². The summed E-state index contributed by atoms with van der Waals surface area (Å²) < 4.78 is 16.1. The van der Waals surface area contributed by atoms with Crippen molar-refractivity contribution in [2.75, 3.05) is 11.5 Å². The van der Waals surface area contributed by atoms with Crippen molar-refractivity contribution in [1.82, 2.24) is 24.7 Å². The molecule has 0 saturated carbocycles. The molecule has 7 nitrogen and oxygen atoms in total. The Morgan fingerprint density at radius 1 is 1.12 bits per heavy atom. The van der Waals surface area contributed by atoms with E-state index >= 15 is 0 Å². The SMILES string of the molecule is Nc1cc(N)nc(-c2nn(C(F)c3cccs3)c3ncccc23)n1. The maximum Gasteiger partial charge on any atom is 0.228 e. The van der Waals surface area contributed by atoms with Gasteiger partial charge in [-0.05, 0) is 23.6 Å². The van der Waals surface area contributed by atoms with E-state index in [1.807, 2.05) is 5.38 Å². The minimum atomic E-state index is -1.45. The number of alkyl halides is 1. The zero-order valence-corrected chi connectivity index (χ0v) is 13.1. The van der Waals surface area contributed by atoms with E-state index in [2.05, 4.69) is 20.1 Å². The summed E-state index contributed by atoms with van der Waals surface area (Å²) in [6, 6.07) is 8.47. The van der Waals surface area contributed by atoms with Crippen LogP contribution in [0.3, 0.4) is 0 Å². The topological polar surface area (TPSA) is 109 Å². The normalized spacial score (nSPS) is 12.5. The highest BCUT2D eigenvalue weighted by molar-refractivity contribution is 7.10. The predicted molar refractivity (Wildman–Crippen MR) is 90.9 cm³/mol. The Kier molecular flexibility index (Phi) is 3.35. The van der Waals surface area contributed by atoms with Crippen LogP contribution in [0.15, 0.2) is 41.9 Å². The number of thiophene rings is 1. The molecule has 1 unspecified atom stereocenters. The van der Waals surface area contributed by atoms with Crippen molar-refractivity contribution >= 4 is 34.0 Å². The lowest BCUT2D eigenvalue weighted by Crippen LogP contribution is -2.07. The van der Waals surface area contributed by atoms with Crippen LogP contribution in [0, 0.1) is 0 Å². The third kappa shape index (κ3) is 2.35. The number of halogens is 1. The van der Waals surface area contributed by atoms with Gasteiger partial charge in [-0.2, -0.15) is 5.10 Å². The van der Waals surface area contributed by atoms with Gasteiger partial charge in [0.25, 0.3) is 0 Å². The molecule has 0 aliphatic rings. The molecule has 9 heteroatoms. The van der Waals surface area contributed by atoms with Crippen LogP contribution in [0.2, 0.25) is 0 Å². The van der Waals surface area contributed by atoms with Gasteiger partial charge in [-0.25, -0.2) is 24.0 Å². The fraction of sp³-hybridized carbons (Fsp3) is 0.0667. The standard InChI is InChI=1S/C15H12FN7S/c16-13(9-4-2-6-24-9)23-15-8(3-1-5-19-15)12(22-23)14-20-10(17)7-11(18)21-14/h1-7,13H,(H4,17,18,20,21). The largest absolute Gasteiger partial charge is 0.384 e. The number of anilines is 2. The van der Waals surface area contributed by atoms with Gasteiger partial charge in [0.15, 0.2) is 11.5 Å². The van der Waals surface area contributed by atoms with Crippen LogP contribution in [0.4, 0.5) is 16.0 Å². The number of nitrogens with zero attached hydrogens (tertiary/aromatic N) is 5. The fourth-order valence-electron chi connectivity index (χ4n) is 2.44. The predicted octanol–water partition coefficient (Wildman–Crippen LogP) is 2.63. The van der Waals surface area contributed by atoms with Crippen LogP contribution in [0.1, 0.15) is 11.2 Å². The summed E-state index contributed by atoms with van der Waals surface area (Å²) in [5.41, 5.74) is 12.2. The van der Waals surface area contributed by atoms with Gasteiger partial charge in [-0.15, -0.1) is 11.3 Å². The quantitative estimate of drug-likeness (QED) is 0.593. The lowest BCUT2D eigenvalue weighted by Gasteiger charge is -2.06. The van der Waals surface area contributed by atoms with E-state index < -0.39 is 6.30 Å². The Bertz CT molecular complexity index is 992. The summed E-state index contributed by atoms with van der Waals surface area (Å²) in [5.74, 6) is 0.681. The number of hydrogen-bond acceptors (Lipinski definition) is 7. The minimum Gasteiger partial charge on any atom is -0.384 e. The monoisotopic (exact) mass is 341 g/mol. The number of hydrogen-bond donors (Lipinski definition) is 2. The molecule has 0 radical (unpaired) electrons. The molecule has 0 amide bonds. The molecule has 0 aliphatic heterocycles. The van der Waals surface area contributed by atoms with Crippen molar-refractivity contribution < 1.29 is 4.39 Å². The molecule has 4 rings (SSSR count). The fourth-order valence-corrected chi connectivity index (χ4v) is 3.12. The van der Waals surface area contributed by atoms with Crippen LogP contribution < -0.4 is 11.5 Å². The number of nitrogens with two attached hydrogens (primary N) is 2. The van der Waals surface area contributed by atoms with Crippen molar-refractivity contribution in [1.29, 1.82) is 0 Å². The van der Waals surface area contributed by atoms with E-state index in [4.69, 9.17) is 11.5 Å². The molecule has 0 spiro atoms. The Labute approximate surface area is 139 Å². The Morgan fingerprint density at radius 3 is 2.62 bits per heavy atom. The van der Waals surface area contributed by atoms with Crippen molar-refractivity contribution in [3.8, 4) is 11.5 Å². The number of fused-ring (bicyclic) bond motifs is 1. The highest BCUT2D eigenvalue weighted by Gasteiger charge is 2.22. The average molecular weight is 341 g/mol. The van der Waals surface area contributed by atoms with Crippen LogP contribution in [0.25, 0.3) is 22.6 Å². The third-order valence-corrected chi connectivity index (χ3v) is 4.33. The molecule has 0 fully saturated rings. The lowest BCUT2D eigenvalue weighted by molar-refractivity contribution is 0.283. The van der Waals surface area contributed by atoms with E-state index in [9.17, 15) is 4.39 Å². The van der Waals surface area contributed by atoms with Gasteiger partial charge in [0.1, 0.15) is 17.3 Å². The van der Waals surface area contributed by atoms with Gasteiger partial charge in [0.05, 0.1) is 10.3 Å². The van der Waals surface area contributed by atoms with Gasteiger partial charge >= 0.3 is 0 Å². The Balaban J connectivity index is 1.94. The van der Waals surface area contributed by atoms with Crippen molar-refractivity contribution in [3.05, 3.63) is 46.8 Å². The molecule has 4 aromatic heterocycles. The summed E-state index contributed by atoms with van der Waals surface area (Å²) in [6.45, 7) is 0. The van der Waals surface area contributed by atoms with E-state index in [1.54, 1.807) is 30.5 Å². The van der Waals surface area contributed by atoms with E-state index in [1.165, 1.54) is 22.1 Å². The summed E-state index contributed by atoms with van der Waals surface area (Å²) in [6.07, 6.45) is 0.134. The molecule has 0 aliphatic carbocycles. The Hall–Kier alpha value is -3.07. The van der Waals surface area contributed by atoms with Crippen molar-refractivity contribution in [2.45, 2.75) is 6.30 Å². The van der Waals surface area contributed by atoms with E-state index in [-0.39, 0.29) is 17.5 Å². The first kappa shape index (κ1) is 14.5. The molecule has 0 bridgehead atoms. The van der Waals surface area contributed by atoms with Crippen molar-refractivity contribution in [3.63, 3.8) is 0 Å². The third-order valence-electron chi connectivity index (χ3n) is 3.44. The molecule has 4 N–H and O–H groups in total. The van der Waals surface area contributed by atoms with Gasteiger partial charge in [0.2, 0.25) is 6.30 Å². The maximum atomic E-state index is 14.9. The second-order valence-corrected chi connectivity index (χ2v) is 6.04. The molecular weight excluding hydrogens is 329 g/mol. The second kappa shape index (κ2) is 5.53. The number of rotatable bonds is 3. The minimum absolute atomic E-state index is 0.221. The Morgan fingerprint density at radius 2 is 1.92 bits per heavy atom. The summed E-state index contributed by atoms with van der Waals surface area (Å²) in [4.78, 5) is 13.1. The van der Waals surface area contributed by atoms with Gasteiger partial charge < -0.3 is 11.5 Å². The van der Waals surface area contributed by atoms with E-state index in [0.29, 0.717) is 21.6 Å². The smallest absolute Gasteiger partial charge is 0.228 e. The van der Waals surface area contributed by atoms with Crippen LogP contribution >= 0.6 is 11.3 Å². The maximum absolute atomic E-state index is 14.9. The first-order chi connectivity index (χ1) is 11.6. The summed E-state index contributed by atoms with van der Waals surface area (Å²) in [7, 11) is 0. The van der Waals surface area contributed by atoms with Gasteiger partial charge in [0, 0.05) is 12.3 Å². The number of pyridine rings is 1. The van der Waals surface area contributed by atoms with Crippen LogP contribution in [0.5, 0.6) is 0 Å². The zero-order chi connectivity index (χ0) is 16.7. The van der Waals surface area contributed by atoms with E-state index in [0.717, 1.165) is 0 Å². The summed E-state index contributed by atoms with van der Waals surface area (Å²) >= 11 is 1.31. The highest BCUT2D eigenvalue weighted by atomic mass is 32.1. The highest BCUT2D eigenvalue weighted by Crippen LogP contribution is 2.31. The molecule has 0 saturated heterocycles. The number of nitrogen functional groups attached to an aromatic ring is 2. The molecule has 1 atom stereocenters. The number of aromatic nitrogens is 5. The average Bonchev–Trinajstić information content (AvgIpc) is 3.21. The van der Waals surface area contributed by atoms with Gasteiger partial charge in [-0.3, -0.25) is 0 Å². The zero-order valence-electron chi connectivity index (χ0n) is 12.3. The molecule has 120 valence electrons. The molecule has 4 aromatic rings. The molecule has 4 heterocycles. The summed E-state index contributed by atoms with van der Waals surface area (Å²) in [5, 5.41) is 6.78. The van der Waals surface area contributed by atoms with Crippen molar-refractivity contribution in [2.24, 2.45) is 0 Å². The second-order valence-electron chi connectivity index (χ2n) is 5.06. The van der Waals surface area contributed by atoms with Crippen LogP contribution in [-0.4, -0.2) is 24.7 Å². The molecule has 0 aromatic carbocycles. The molecular formula is C15H12FN7S. The lowest BCUT2D eigenvalue weighted by atomic mass is 10.2.